The Bertz CT molecular complexity index is 591. The molecule has 1 rings (SSSR count). The Hall–Kier alpha value is -1.99. The number of aliphatic imine (C=N–C) groups is 1. The first kappa shape index (κ1) is 25.0. The van der Waals surface area contributed by atoms with Crippen LogP contribution in [0, 0.1) is 0 Å². The summed E-state index contributed by atoms with van der Waals surface area (Å²) >= 11 is 0. The van der Waals surface area contributed by atoms with Gasteiger partial charge < -0.3 is 30.1 Å². The number of aliphatic hydroxyl groups excluding tert-OH is 1. The predicted molar refractivity (Wildman–Crippen MR) is 120 cm³/mol. The van der Waals surface area contributed by atoms with Gasteiger partial charge in [-0.3, -0.25) is 0 Å². The molecule has 7 nitrogen and oxygen atoms in total. The van der Waals surface area contributed by atoms with E-state index < -0.39 is 0 Å². The Morgan fingerprint density at radius 1 is 1.21 bits per heavy atom. The highest BCUT2D eigenvalue weighted by Gasteiger charge is 2.08. The molecule has 0 aliphatic heterocycles. The van der Waals surface area contributed by atoms with Gasteiger partial charge in [-0.2, -0.15) is 0 Å². The van der Waals surface area contributed by atoms with Crippen LogP contribution in [-0.2, 0) is 6.54 Å². The third-order valence-corrected chi connectivity index (χ3v) is 4.73. The highest BCUT2D eigenvalue weighted by molar-refractivity contribution is 5.80. The van der Waals surface area contributed by atoms with Crippen molar-refractivity contribution in [3.8, 4) is 11.5 Å². The van der Waals surface area contributed by atoms with Crippen LogP contribution in [-0.4, -0.2) is 68.5 Å². The highest BCUT2D eigenvalue weighted by Crippen LogP contribution is 2.28. The number of hydrogen-bond acceptors (Lipinski definition) is 5. The summed E-state index contributed by atoms with van der Waals surface area (Å²) in [6.07, 6.45) is 2.27. The molecule has 166 valence electrons. The Morgan fingerprint density at radius 2 is 1.97 bits per heavy atom. The summed E-state index contributed by atoms with van der Waals surface area (Å²) in [5.41, 5.74) is 1.03. The first-order valence-electron chi connectivity index (χ1n) is 10.8. The van der Waals surface area contributed by atoms with Gasteiger partial charge in [-0.05, 0) is 64.0 Å². The van der Waals surface area contributed by atoms with Crippen molar-refractivity contribution in [2.45, 2.75) is 53.1 Å². The van der Waals surface area contributed by atoms with Crippen molar-refractivity contribution in [2.24, 2.45) is 4.99 Å². The number of benzene rings is 1. The molecule has 3 N–H and O–H groups in total. The van der Waals surface area contributed by atoms with Crippen LogP contribution in [0.15, 0.2) is 23.2 Å². The number of rotatable bonds is 14. The fraction of sp³-hybridized carbons (Fsp3) is 0.682. The normalized spacial score (nSPS) is 12.7. The number of hydrogen-bond donors (Lipinski definition) is 3. The predicted octanol–water partition coefficient (Wildman–Crippen LogP) is 2.63. The largest absolute Gasteiger partial charge is 0.493 e. The van der Waals surface area contributed by atoms with Gasteiger partial charge in [-0.15, -0.1) is 0 Å². The van der Waals surface area contributed by atoms with Crippen molar-refractivity contribution in [1.82, 2.24) is 15.5 Å². The maximum atomic E-state index is 8.92. The Balaban J connectivity index is 2.64. The lowest BCUT2D eigenvalue weighted by molar-refractivity contribution is 0.196. The summed E-state index contributed by atoms with van der Waals surface area (Å²) in [5.74, 6) is 2.09. The molecule has 0 aliphatic rings. The summed E-state index contributed by atoms with van der Waals surface area (Å²) in [5, 5.41) is 15.7. The van der Waals surface area contributed by atoms with Crippen LogP contribution in [0.5, 0.6) is 11.5 Å². The van der Waals surface area contributed by atoms with Crippen molar-refractivity contribution in [3.05, 3.63) is 23.8 Å². The molecular formula is C22H40N4O3. The molecule has 0 aliphatic carbocycles. The summed E-state index contributed by atoms with van der Waals surface area (Å²) < 4.78 is 10.9. The van der Waals surface area contributed by atoms with Crippen LogP contribution in [0.4, 0.5) is 0 Å². The molecule has 1 unspecified atom stereocenters. The molecule has 1 aromatic rings. The molecule has 1 atom stereocenters. The second kappa shape index (κ2) is 14.9. The van der Waals surface area contributed by atoms with E-state index in [1.54, 1.807) is 7.11 Å². The molecule has 0 heterocycles. The van der Waals surface area contributed by atoms with Crippen LogP contribution in [0.25, 0.3) is 0 Å². The van der Waals surface area contributed by atoms with E-state index in [0.717, 1.165) is 44.1 Å². The Morgan fingerprint density at radius 3 is 2.59 bits per heavy atom. The number of methoxy groups -OCH3 is 1. The molecule has 7 heteroatoms. The highest BCUT2D eigenvalue weighted by atomic mass is 16.5. The van der Waals surface area contributed by atoms with E-state index in [1.165, 1.54) is 6.42 Å². The van der Waals surface area contributed by atoms with Crippen molar-refractivity contribution in [1.29, 1.82) is 0 Å². The molecule has 0 bridgehead atoms. The van der Waals surface area contributed by atoms with Gasteiger partial charge >= 0.3 is 0 Å². The molecule has 0 radical (unpaired) electrons. The van der Waals surface area contributed by atoms with Crippen molar-refractivity contribution < 1.29 is 14.6 Å². The molecule has 0 spiro atoms. The lowest BCUT2D eigenvalue weighted by atomic mass is 10.2. The molecule has 0 saturated carbocycles. The standard InChI is InChI=1S/C22H40N4O3/c1-6-23-22(25-18(4)10-9-13-26(7-2)8-3)24-17-19-11-12-20(29-15-14-27)21(16-19)28-5/h11-12,16,18,27H,6-10,13-15,17H2,1-5H3,(H2,23,24,25). The van der Waals surface area contributed by atoms with E-state index in [9.17, 15) is 0 Å². The summed E-state index contributed by atoms with van der Waals surface area (Å²) in [6, 6.07) is 6.10. The molecule has 29 heavy (non-hydrogen) atoms. The SMILES string of the molecule is CCNC(=NCc1ccc(OCCO)c(OC)c1)NC(C)CCCN(CC)CC. The first-order valence-corrected chi connectivity index (χ1v) is 10.8. The van der Waals surface area contributed by atoms with Crippen LogP contribution >= 0.6 is 0 Å². The van der Waals surface area contributed by atoms with Gasteiger partial charge in [0.1, 0.15) is 6.61 Å². The maximum absolute atomic E-state index is 8.92. The monoisotopic (exact) mass is 408 g/mol. The van der Waals surface area contributed by atoms with Crippen LogP contribution in [0.3, 0.4) is 0 Å². The van der Waals surface area contributed by atoms with Crippen LogP contribution in [0.2, 0.25) is 0 Å². The van der Waals surface area contributed by atoms with Gasteiger partial charge in [0.25, 0.3) is 0 Å². The minimum Gasteiger partial charge on any atom is -0.493 e. The minimum atomic E-state index is -0.0278. The zero-order chi connectivity index (χ0) is 21.5. The van der Waals surface area contributed by atoms with E-state index in [2.05, 4.69) is 43.2 Å². The van der Waals surface area contributed by atoms with E-state index in [1.807, 2.05) is 18.2 Å². The Labute approximate surface area is 176 Å². The zero-order valence-corrected chi connectivity index (χ0v) is 18.8. The summed E-state index contributed by atoms with van der Waals surface area (Å²) in [6.45, 7) is 13.6. The number of nitrogens with zero attached hydrogens (tertiary/aromatic N) is 2. The fourth-order valence-electron chi connectivity index (χ4n) is 3.04. The first-order chi connectivity index (χ1) is 14.1. The Kier molecular flexibility index (Phi) is 12.9. The van der Waals surface area contributed by atoms with E-state index >= 15 is 0 Å². The molecular weight excluding hydrogens is 368 g/mol. The topological polar surface area (TPSA) is 78.4 Å². The number of ether oxygens (including phenoxy) is 2. The molecule has 1 aromatic carbocycles. The van der Waals surface area contributed by atoms with Gasteiger partial charge in [-0.1, -0.05) is 19.9 Å². The lowest BCUT2D eigenvalue weighted by Gasteiger charge is -2.21. The van der Waals surface area contributed by atoms with E-state index in [-0.39, 0.29) is 13.2 Å². The third-order valence-electron chi connectivity index (χ3n) is 4.73. The zero-order valence-electron chi connectivity index (χ0n) is 18.8. The molecule has 0 aromatic heterocycles. The van der Waals surface area contributed by atoms with Gasteiger partial charge in [0.2, 0.25) is 0 Å². The summed E-state index contributed by atoms with van der Waals surface area (Å²) in [4.78, 5) is 7.17. The van der Waals surface area contributed by atoms with E-state index in [4.69, 9.17) is 19.6 Å². The van der Waals surface area contributed by atoms with Gasteiger partial charge in [-0.25, -0.2) is 4.99 Å². The average Bonchev–Trinajstić information content (AvgIpc) is 2.74. The van der Waals surface area contributed by atoms with Crippen molar-refractivity contribution >= 4 is 5.96 Å². The fourth-order valence-corrected chi connectivity index (χ4v) is 3.04. The van der Waals surface area contributed by atoms with E-state index in [0.29, 0.717) is 24.1 Å². The maximum Gasteiger partial charge on any atom is 0.191 e. The number of guanidine groups is 1. The average molecular weight is 409 g/mol. The van der Waals surface area contributed by atoms with Gasteiger partial charge in [0, 0.05) is 12.6 Å². The molecule has 0 amide bonds. The molecule has 0 saturated heterocycles. The lowest BCUT2D eigenvalue weighted by Crippen LogP contribution is -2.42. The van der Waals surface area contributed by atoms with Crippen LogP contribution in [0.1, 0.15) is 46.1 Å². The second-order valence-corrected chi connectivity index (χ2v) is 6.97. The number of aliphatic hydroxyl groups is 1. The van der Waals surface area contributed by atoms with Crippen molar-refractivity contribution in [2.75, 3.05) is 46.5 Å². The quantitative estimate of drug-likeness (QED) is 0.324. The minimum absolute atomic E-state index is 0.0278. The van der Waals surface area contributed by atoms with Crippen LogP contribution < -0.4 is 20.1 Å². The third kappa shape index (κ3) is 9.85. The number of nitrogens with one attached hydrogen (secondary N) is 2. The van der Waals surface area contributed by atoms with Gasteiger partial charge in [0.05, 0.1) is 20.3 Å². The molecule has 0 fully saturated rings. The van der Waals surface area contributed by atoms with Crippen molar-refractivity contribution in [3.63, 3.8) is 0 Å². The summed E-state index contributed by atoms with van der Waals surface area (Å²) in [7, 11) is 1.61. The van der Waals surface area contributed by atoms with Gasteiger partial charge in [0.15, 0.2) is 17.5 Å². The smallest absolute Gasteiger partial charge is 0.191 e. The second-order valence-electron chi connectivity index (χ2n) is 6.97.